The van der Waals surface area contributed by atoms with Crippen molar-refractivity contribution in [2.75, 3.05) is 16.6 Å². The average molecular weight is 454 g/mol. The van der Waals surface area contributed by atoms with Crippen LogP contribution in [-0.2, 0) is 14.8 Å². The van der Waals surface area contributed by atoms with Crippen LogP contribution < -0.4 is 20.5 Å². The minimum atomic E-state index is -3.76. The maximum Gasteiger partial charge on any atom is 0.262 e. The highest BCUT2D eigenvalue weighted by Gasteiger charge is 2.15. The molecule has 4 N–H and O–H groups in total. The van der Waals surface area contributed by atoms with Crippen molar-refractivity contribution in [3.63, 3.8) is 0 Å². The molecule has 9 heteroatoms. The molecule has 0 aromatic heterocycles. The Morgan fingerprint density at radius 1 is 0.875 bits per heavy atom. The molecule has 0 bridgehead atoms. The minimum Gasteiger partial charge on any atom is -0.484 e. The summed E-state index contributed by atoms with van der Waals surface area (Å²) in [5.41, 5.74) is 8.39. The molecule has 0 unspecified atom stereocenters. The van der Waals surface area contributed by atoms with Crippen molar-refractivity contribution in [3.8, 4) is 5.75 Å². The summed E-state index contributed by atoms with van der Waals surface area (Å²) in [7, 11) is -3.76. The van der Waals surface area contributed by atoms with Gasteiger partial charge >= 0.3 is 0 Å². The zero-order valence-corrected chi connectivity index (χ0v) is 18.4. The van der Waals surface area contributed by atoms with Crippen LogP contribution in [0.4, 0.5) is 11.4 Å². The quantitative estimate of drug-likeness (QED) is 0.483. The summed E-state index contributed by atoms with van der Waals surface area (Å²) in [6.45, 7) is 3.51. The van der Waals surface area contributed by atoms with Crippen LogP contribution in [-0.4, -0.2) is 26.8 Å². The molecule has 3 aromatic rings. The number of ether oxygens (including phenoxy) is 1. The summed E-state index contributed by atoms with van der Waals surface area (Å²) >= 11 is 0. The van der Waals surface area contributed by atoms with Gasteiger partial charge < -0.3 is 15.8 Å². The number of aryl methyl sites for hydroxylation is 2. The molecule has 0 atom stereocenters. The van der Waals surface area contributed by atoms with Gasteiger partial charge in [-0.05, 0) is 85.6 Å². The van der Waals surface area contributed by atoms with Crippen molar-refractivity contribution >= 4 is 33.2 Å². The summed E-state index contributed by atoms with van der Waals surface area (Å²) < 4.78 is 33.2. The molecule has 0 aliphatic carbocycles. The van der Waals surface area contributed by atoms with E-state index in [1.54, 1.807) is 24.3 Å². The van der Waals surface area contributed by atoms with E-state index in [0.717, 1.165) is 11.1 Å². The first-order valence-electron chi connectivity index (χ1n) is 9.66. The van der Waals surface area contributed by atoms with E-state index >= 15 is 0 Å². The van der Waals surface area contributed by atoms with E-state index in [1.807, 2.05) is 19.9 Å². The molecule has 0 aliphatic heterocycles. The highest BCUT2D eigenvalue weighted by atomic mass is 32.2. The number of benzene rings is 3. The number of primary amides is 1. The van der Waals surface area contributed by atoms with Crippen LogP contribution in [0.25, 0.3) is 0 Å². The molecule has 2 amide bonds. The van der Waals surface area contributed by atoms with Gasteiger partial charge in [-0.1, -0.05) is 6.07 Å². The predicted molar refractivity (Wildman–Crippen MR) is 122 cm³/mol. The number of nitrogens with one attached hydrogen (secondary N) is 2. The van der Waals surface area contributed by atoms with Crippen LogP contribution in [0.5, 0.6) is 5.75 Å². The number of hydrogen-bond acceptors (Lipinski definition) is 5. The van der Waals surface area contributed by atoms with E-state index in [4.69, 9.17) is 10.5 Å². The van der Waals surface area contributed by atoms with Gasteiger partial charge in [-0.15, -0.1) is 0 Å². The minimum absolute atomic E-state index is 0.0722. The van der Waals surface area contributed by atoms with Gasteiger partial charge in [0.1, 0.15) is 5.75 Å². The highest BCUT2D eigenvalue weighted by molar-refractivity contribution is 7.92. The third kappa shape index (κ3) is 6.08. The van der Waals surface area contributed by atoms with Crippen LogP contribution in [0.2, 0.25) is 0 Å². The maximum absolute atomic E-state index is 12.6. The Bertz CT molecular complexity index is 1220. The van der Waals surface area contributed by atoms with Gasteiger partial charge in [0.2, 0.25) is 5.91 Å². The molecule has 0 aliphatic rings. The third-order valence-corrected chi connectivity index (χ3v) is 5.83. The lowest BCUT2D eigenvalue weighted by Crippen LogP contribution is -2.20. The number of amides is 2. The molecule has 166 valence electrons. The molecule has 0 spiro atoms. The first kappa shape index (κ1) is 22.8. The van der Waals surface area contributed by atoms with Crippen molar-refractivity contribution in [2.45, 2.75) is 18.7 Å². The molecule has 0 heterocycles. The number of rotatable bonds is 8. The number of carbonyl (C=O) groups is 2. The highest BCUT2D eigenvalue weighted by Crippen LogP contribution is 2.21. The van der Waals surface area contributed by atoms with E-state index in [2.05, 4.69) is 10.0 Å². The first-order valence-corrected chi connectivity index (χ1v) is 11.1. The van der Waals surface area contributed by atoms with Crippen LogP contribution in [0.1, 0.15) is 21.5 Å². The molecule has 0 saturated heterocycles. The fourth-order valence-corrected chi connectivity index (χ4v) is 4.07. The summed E-state index contributed by atoms with van der Waals surface area (Å²) in [6, 6.07) is 17.3. The molecule has 3 rings (SSSR count). The van der Waals surface area contributed by atoms with E-state index in [0.29, 0.717) is 22.7 Å². The fourth-order valence-electron chi connectivity index (χ4n) is 3.03. The summed E-state index contributed by atoms with van der Waals surface area (Å²) in [5.74, 6) is -0.625. The van der Waals surface area contributed by atoms with E-state index in [1.165, 1.54) is 36.4 Å². The Morgan fingerprint density at radius 3 is 2.03 bits per heavy atom. The first-order chi connectivity index (χ1) is 15.1. The van der Waals surface area contributed by atoms with Crippen molar-refractivity contribution in [3.05, 3.63) is 83.4 Å². The van der Waals surface area contributed by atoms with Gasteiger partial charge in [0.05, 0.1) is 4.90 Å². The van der Waals surface area contributed by atoms with Gasteiger partial charge in [-0.2, -0.15) is 0 Å². The van der Waals surface area contributed by atoms with Crippen LogP contribution in [0, 0.1) is 13.8 Å². The largest absolute Gasteiger partial charge is 0.484 e. The SMILES string of the molecule is Cc1cc(C)cc(NS(=O)(=O)c2ccc(OCC(=O)Nc3ccc(C(N)=O)cc3)cc2)c1. The zero-order chi connectivity index (χ0) is 23.3. The van der Waals surface area contributed by atoms with Gasteiger partial charge in [0.25, 0.3) is 15.9 Å². The Morgan fingerprint density at radius 2 is 1.47 bits per heavy atom. The second-order valence-electron chi connectivity index (χ2n) is 7.23. The van der Waals surface area contributed by atoms with Crippen LogP contribution >= 0.6 is 0 Å². The zero-order valence-electron chi connectivity index (χ0n) is 17.6. The van der Waals surface area contributed by atoms with Gasteiger partial charge in [-0.25, -0.2) is 8.42 Å². The van der Waals surface area contributed by atoms with Crippen molar-refractivity contribution < 1.29 is 22.7 Å². The lowest BCUT2D eigenvalue weighted by Gasteiger charge is -2.11. The number of anilines is 2. The van der Waals surface area contributed by atoms with Crippen molar-refractivity contribution in [2.24, 2.45) is 5.73 Å². The summed E-state index contributed by atoms with van der Waals surface area (Å²) in [5, 5.41) is 2.63. The van der Waals surface area contributed by atoms with Crippen molar-refractivity contribution in [1.29, 1.82) is 0 Å². The van der Waals surface area contributed by atoms with Gasteiger partial charge in [0, 0.05) is 16.9 Å². The lowest BCUT2D eigenvalue weighted by molar-refractivity contribution is -0.118. The number of nitrogens with two attached hydrogens (primary N) is 1. The third-order valence-electron chi connectivity index (χ3n) is 4.43. The van der Waals surface area contributed by atoms with Gasteiger partial charge in [-0.3, -0.25) is 14.3 Å². The molecule has 32 heavy (non-hydrogen) atoms. The summed E-state index contributed by atoms with van der Waals surface area (Å²) in [4.78, 5) is 23.2. The molecule has 0 fully saturated rings. The Kier molecular flexibility index (Phi) is 6.79. The maximum atomic E-state index is 12.6. The Balaban J connectivity index is 1.57. The monoisotopic (exact) mass is 453 g/mol. The smallest absolute Gasteiger partial charge is 0.262 e. The van der Waals surface area contributed by atoms with E-state index < -0.39 is 21.8 Å². The number of carbonyl (C=O) groups excluding carboxylic acids is 2. The Labute approximate surface area is 186 Å². The number of hydrogen-bond donors (Lipinski definition) is 3. The van der Waals surface area contributed by atoms with Crippen LogP contribution in [0.3, 0.4) is 0 Å². The van der Waals surface area contributed by atoms with Gasteiger partial charge in [0.15, 0.2) is 6.61 Å². The van der Waals surface area contributed by atoms with Crippen LogP contribution in [0.15, 0.2) is 71.6 Å². The Hall–Kier alpha value is -3.85. The molecule has 0 saturated carbocycles. The fraction of sp³-hybridized carbons (Fsp3) is 0.130. The molecule has 3 aromatic carbocycles. The average Bonchev–Trinajstić information content (AvgIpc) is 2.72. The van der Waals surface area contributed by atoms with E-state index in [-0.39, 0.29) is 11.5 Å². The lowest BCUT2D eigenvalue weighted by atomic mass is 10.1. The number of sulfonamides is 1. The molecular weight excluding hydrogens is 430 g/mol. The van der Waals surface area contributed by atoms with E-state index in [9.17, 15) is 18.0 Å². The molecule has 0 radical (unpaired) electrons. The summed E-state index contributed by atoms with van der Waals surface area (Å²) in [6.07, 6.45) is 0. The topological polar surface area (TPSA) is 128 Å². The molecule has 8 nitrogen and oxygen atoms in total. The normalized spacial score (nSPS) is 10.9. The molecular formula is C23H23N3O5S. The second kappa shape index (κ2) is 9.52. The second-order valence-corrected chi connectivity index (χ2v) is 8.91. The predicted octanol–water partition coefficient (Wildman–Crippen LogP) is 3.22. The van der Waals surface area contributed by atoms with Crippen molar-refractivity contribution in [1.82, 2.24) is 0 Å². The standard InChI is InChI=1S/C23H23N3O5S/c1-15-11-16(2)13-19(12-15)26-32(29,30)21-9-7-20(8-10-21)31-14-22(27)25-18-5-3-17(4-6-18)23(24)28/h3-13,26H,14H2,1-2H3,(H2,24,28)(H,25,27).